The second-order valence-corrected chi connectivity index (χ2v) is 6.76. The van der Waals surface area contributed by atoms with E-state index in [1.807, 2.05) is 11.8 Å². The average molecular weight is 272 g/mol. The van der Waals surface area contributed by atoms with Gasteiger partial charge in [-0.2, -0.15) is 11.8 Å². The fourth-order valence-electron chi connectivity index (χ4n) is 2.91. The lowest BCUT2D eigenvalue weighted by molar-refractivity contribution is 0.0994. The molecule has 0 saturated carbocycles. The summed E-state index contributed by atoms with van der Waals surface area (Å²) in [6.45, 7) is 9.74. The van der Waals surface area contributed by atoms with Gasteiger partial charge in [0, 0.05) is 63.6 Å². The van der Waals surface area contributed by atoms with Gasteiger partial charge >= 0.3 is 0 Å². The van der Waals surface area contributed by atoms with E-state index < -0.39 is 0 Å². The van der Waals surface area contributed by atoms with Gasteiger partial charge in [-0.3, -0.25) is 9.80 Å². The molecule has 2 unspecified atom stereocenters. The molecule has 106 valence electrons. The third-order valence-corrected chi connectivity index (χ3v) is 5.26. The largest absolute Gasteiger partial charge is 0.314 e. The van der Waals surface area contributed by atoms with Crippen LogP contribution in [0.2, 0.25) is 0 Å². The molecule has 2 aliphatic rings. The van der Waals surface area contributed by atoms with Crippen molar-refractivity contribution < 1.29 is 0 Å². The summed E-state index contributed by atoms with van der Waals surface area (Å²) < 4.78 is 0. The normalized spacial score (nSPS) is 31.3. The van der Waals surface area contributed by atoms with Crippen LogP contribution in [0.5, 0.6) is 0 Å². The fraction of sp³-hybridized carbons (Fsp3) is 1.00. The quantitative estimate of drug-likeness (QED) is 0.751. The van der Waals surface area contributed by atoms with Crippen molar-refractivity contribution in [2.24, 2.45) is 0 Å². The van der Waals surface area contributed by atoms with Gasteiger partial charge in [-0.05, 0) is 20.4 Å². The van der Waals surface area contributed by atoms with Gasteiger partial charge in [0.25, 0.3) is 0 Å². The standard InChI is InChI=1S/C13H28N4S/c1-15(2)4-5-16-6-8-17(9-7-16)12-10-14-11-13(12)18-3/h12-14H,4-11H2,1-3H3. The van der Waals surface area contributed by atoms with Crippen molar-refractivity contribution in [3.8, 4) is 0 Å². The van der Waals surface area contributed by atoms with E-state index in [1.165, 1.54) is 52.4 Å². The first-order valence-electron chi connectivity index (χ1n) is 7.05. The first-order chi connectivity index (χ1) is 8.70. The van der Waals surface area contributed by atoms with Gasteiger partial charge in [0.05, 0.1) is 0 Å². The van der Waals surface area contributed by atoms with Crippen LogP contribution in [0.4, 0.5) is 0 Å². The van der Waals surface area contributed by atoms with Crippen molar-refractivity contribution in [2.75, 3.05) is 72.7 Å². The minimum Gasteiger partial charge on any atom is -0.314 e. The van der Waals surface area contributed by atoms with Crippen LogP contribution in [0, 0.1) is 0 Å². The zero-order chi connectivity index (χ0) is 13.0. The Morgan fingerprint density at radius 1 is 1.17 bits per heavy atom. The van der Waals surface area contributed by atoms with Gasteiger partial charge in [0.1, 0.15) is 0 Å². The molecule has 2 saturated heterocycles. The summed E-state index contributed by atoms with van der Waals surface area (Å²) in [5.74, 6) is 0. The second-order valence-electron chi connectivity index (χ2n) is 5.68. The van der Waals surface area contributed by atoms with Crippen molar-refractivity contribution in [1.82, 2.24) is 20.0 Å². The van der Waals surface area contributed by atoms with Gasteiger partial charge in [-0.25, -0.2) is 0 Å². The zero-order valence-electron chi connectivity index (χ0n) is 12.1. The van der Waals surface area contributed by atoms with Gasteiger partial charge < -0.3 is 10.2 Å². The summed E-state index contributed by atoms with van der Waals surface area (Å²) in [5.41, 5.74) is 0. The monoisotopic (exact) mass is 272 g/mol. The van der Waals surface area contributed by atoms with Crippen molar-refractivity contribution >= 4 is 11.8 Å². The highest BCUT2D eigenvalue weighted by atomic mass is 32.2. The molecule has 0 aromatic heterocycles. The minimum atomic E-state index is 0.760. The number of piperazine rings is 1. The highest BCUT2D eigenvalue weighted by Gasteiger charge is 2.32. The number of thioether (sulfide) groups is 1. The molecule has 2 heterocycles. The van der Waals surface area contributed by atoms with Crippen LogP contribution in [0.15, 0.2) is 0 Å². The van der Waals surface area contributed by atoms with Crippen LogP contribution in [-0.4, -0.2) is 98.7 Å². The minimum absolute atomic E-state index is 0.760. The molecule has 2 atom stereocenters. The average Bonchev–Trinajstić information content (AvgIpc) is 2.85. The molecule has 0 aromatic rings. The lowest BCUT2D eigenvalue weighted by Gasteiger charge is -2.39. The fourth-order valence-corrected chi connectivity index (χ4v) is 3.77. The molecule has 2 aliphatic heterocycles. The maximum atomic E-state index is 3.54. The molecule has 5 heteroatoms. The number of hydrogen-bond donors (Lipinski definition) is 1. The van der Waals surface area contributed by atoms with E-state index in [-0.39, 0.29) is 0 Å². The molecule has 1 N–H and O–H groups in total. The van der Waals surface area contributed by atoms with Crippen LogP contribution in [-0.2, 0) is 0 Å². The van der Waals surface area contributed by atoms with E-state index >= 15 is 0 Å². The molecule has 4 nitrogen and oxygen atoms in total. The Morgan fingerprint density at radius 3 is 2.50 bits per heavy atom. The van der Waals surface area contributed by atoms with Crippen LogP contribution in [0.3, 0.4) is 0 Å². The van der Waals surface area contributed by atoms with Crippen molar-refractivity contribution in [1.29, 1.82) is 0 Å². The van der Waals surface area contributed by atoms with Gasteiger partial charge in [0.15, 0.2) is 0 Å². The zero-order valence-corrected chi connectivity index (χ0v) is 12.9. The first kappa shape index (κ1) is 14.6. The summed E-state index contributed by atoms with van der Waals surface area (Å²) >= 11 is 2.02. The summed E-state index contributed by atoms with van der Waals surface area (Å²) in [6.07, 6.45) is 2.25. The SMILES string of the molecule is CSC1CNCC1N1CCN(CCN(C)C)CC1. The molecule has 0 aliphatic carbocycles. The smallest absolute Gasteiger partial charge is 0.0352 e. The van der Waals surface area contributed by atoms with Gasteiger partial charge in [-0.15, -0.1) is 0 Å². The predicted molar refractivity (Wildman–Crippen MR) is 80.5 cm³/mol. The lowest BCUT2D eigenvalue weighted by atomic mass is 10.2. The third kappa shape index (κ3) is 3.84. The number of nitrogens with zero attached hydrogens (tertiary/aromatic N) is 3. The molecule has 0 bridgehead atoms. The molecule has 0 aromatic carbocycles. The lowest BCUT2D eigenvalue weighted by Crippen LogP contribution is -2.53. The van der Waals surface area contributed by atoms with E-state index in [4.69, 9.17) is 0 Å². The van der Waals surface area contributed by atoms with Crippen LogP contribution in [0.25, 0.3) is 0 Å². The Labute approximate surface area is 116 Å². The number of hydrogen-bond acceptors (Lipinski definition) is 5. The Balaban J connectivity index is 1.72. The van der Waals surface area contributed by atoms with Gasteiger partial charge in [-0.1, -0.05) is 0 Å². The van der Waals surface area contributed by atoms with E-state index in [0.29, 0.717) is 0 Å². The van der Waals surface area contributed by atoms with Gasteiger partial charge in [0.2, 0.25) is 0 Å². The maximum absolute atomic E-state index is 3.54. The van der Waals surface area contributed by atoms with Crippen LogP contribution < -0.4 is 5.32 Å². The topological polar surface area (TPSA) is 21.8 Å². The predicted octanol–water partition coefficient (Wildman–Crippen LogP) is -0.131. The molecular weight excluding hydrogens is 244 g/mol. The number of nitrogens with one attached hydrogen (secondary N) is 1. The van der Waals surface area contributed by atoms with Crippen LogP contribution in [0.1, 0.15) is 0 Å². The Hall–Kier alpha value is 0.190. The van der Waals surface area contributed by atoms with Crippen LogP contribution >= 0.6 is 11.8 Å². The van der Waals surface area contributed by atoms with E-state index in [0.717, 1.165) is 11.3 Å². The van der Waals surface area contributed by atoms with E-state index in [9.17, 15) is 0 Å². The molecular formula is C13H28N4S. The van der Waals surface area contributed by atoms with Crippen molar-refractivity contribution in [3.05, 3.63) is 0 Å². The first-order valence-corrected chi connectivity index (χ1v) is 8.34. The Bertz CT molecular complexity index is 241. The number of likely N-dealkylation sites (N-methyl/N-ethyl adjacent to an activating group) is 1. The molecule has 18 heavy (non-hydrogen) atoms. The molecule has 0 spiro atoms. The van der Waals surface area contributed by atoms with E-state index in [2.05, 4.69) is 40.4 Å². The summed E-state index contributed by atoms with van der Waals surface area (Å²) in [4.78, 5) is 7.58. The molecule has 2 rings (SSSR count). The second kappa shape index (κ2) is 7.10. The molecule has 0 radical (unpaired) electrons. The number of rotatable bonds is 5. The van der Waals surface area contributed by atoms with E-state index in [1.54, 1.807) is 0 Å². The third-order valence-electron chi connectivity index (χ3n) is 4.17. The molecule has 0 amide bonds. The Kier molecular flexibility index (Phi) is 5.76. The highest BCUT2D eigenvalue weighted by molar-refractivity contribution is 7.99. The summed E-state index contributed by atoms with van der Waals surface area (Å²) in [7, 11) is 4.31. The molecule has 2 fully saturated rings. The summed E-state index contributed by atoms with van der Waals surface area (Å²) in [5, 5.41) is 4.33. The Morgan fingerprint density at radius 2 is 1.89 bits per heavy atom. The van der Waals surface area contributed by atoms with Crippen molar-refractivity contribution in [2.45, 2.75) is 11.3 Å². The van der Waals surface area contributed by atoms with Crippen molar-refractivity contribution in [3.63, 3.8) is 0 Å². The maximum Gasteiger partial charge on any atom is 0.0352 e. The summed E-state index contributed by atoms with van der Waals surface area (Å²) in [6, 6.07) is 0.760. The highest BCUT2D eigenvalue weighted by Crippen LogP contribution is 2.21.